The molecule has 1 rings (SSSR count). The predicted octanol–water partition coefficient (Wildman–Crippen LogP) is 2.79. The van der Waals surface area contributed by atoms with Crippen LogP contribution in [0.2, 0.25) is 5.02 Å². The number of hydrogen-bond donors (Lipinski definition) is 1. The van der Waals surface area contributed by atoms with Crippen molar-refractivity contribution in [2.45, 2.75) is 20.8 Å². The SMILES string of the molecule is Cc1cc(Cl)ccc1OCC(=O)N/N=C/C(C)C. The number of amides is 1. The molecule has 0 aliphatic heterocycles. The van der Waals surface area contributed by atoms with Gasteiger partial charge < -0.3 is 4.74 Å². The molecule has 0 saturated heterocycles. The molecule has 0 spiro atoms. The van der Waals surface area contributed by atoms with Crippen LogP contribution < -0.4 is 10.2 Å². The molecule has 1 aromatic carbocycles. The molecule has 0 bridgehead atoms. The first-order valence-electron chi connectivity index (χ1n) is 5.70. The van der Waals surface area contributed by atoms with Gasteiger partial charge in [-0.15, -0.1) is 0 Å². The Hall–Kier alpha value is -1.55. The molecule has 1 amide bonds. The number of carbonyl (C=O) groups is 1. The lowest BCUT2D eigenvalue weighted by molar-refractivity contribution is -0.123. The summed E-state index contributed by atoms with van der Waals surface area (Å²) in [5.41, 5.74) is 3.28. The maximum Gasteiger partial charge on any atom is 0.277 e. The van der Waals surface area contributed by atoms with Crippen LogP contribution in [0, 0.1) is 12.8 Å². The Labute approximate surface area is 112 Å². The smallest absolute Gasteiger partial charge is 0.277 e. The number of carbonyl (C=O) groups excluding carboxylic acids is 1. The monoisotopic (exact) mass is 268 g/mol. The van der Waals surface area contributed by atoms with Gasteiger partial charge in [-0.1, -0.05) is 25.4 Å². The summed E-state index contributed by atoms with van der Waals surface area (Å²) >= 11 is 5.82. The van der Waals surface area contributed by atoms with Crippen molar-refractivity contribution in [2.24, 2.45) is 11.0 Å². The van der Waals surface area contributed by atoms with E-state index >= 15 is 0 Å². The van der Waals surface area contributed by atoms with Crippen LogP contribution in [0.1, 0.15) is 19.4 Å². The molecule has 0 unspecified atom stereocenters. The minimum Gasteiger partial charge on any atom is -0.483 e. The number of hydrazone groups is 1. The lowest BCUT2D eigenvalue weighted by Gasteiger charge is -2.08. The number of hydrogen-bond acceptors (Lipinski definition) is 3. The van der Waals surface area contributed by atoms with E-state index in [4.69, 9.17) is 16.3 Å². The highest BCUT2D eigenvalue weighted by Crippen LogP contribution is 2.21. The van der Waals surface area contributed by atoms with Gasteiger partial charge in [-0.05, 0) is 36.6 Å². The zero-order chi connectivity index (χ0) is 13.5. The highest BCUT2D eigenvalue weighted by molar-refractivity contribution is 6.30. The number of rotatable bonds is 5. The summed E-state index contributed by atoms with van der Waals surface area (Å²) in [4.78, 5) is 11.4. The molecule has 0 saturated carbocycles. The van der Waals surface area contributed by atoms with Crippen LogP contribution in [0.15, 0.2) is 23.3 Å². The Bertz CT molecular complexity index is 445. The molecular formula is C13H17ClN2O2. The highest BCUT2D eigenvalue weighted by Gasteiger charge is 2.04. The van der Waals surface area contributed by atoms with Crippen molar-refractivity contribution in [1.82, 2.24) is 5.43 Å². The fraction of sp³-hybridized carbons (Fsp3) is 0.385. The van der Waals surface area contributed by atoms with Crippen molar-refractivity contribution in [1.29, 1.82) is 0 Å². The Balaban J connectivity index is 2.43. The van der Waals surface area contributed by atoms with Crippen LogP contribution in [0.5, 0.6) is 5.75 Å². The Morgan fingerprint density at radius 3 is 2.89 bits per heavy atom. The maximum absolute atomic E-state index is 11.4. The second kappa shape index (κ2) is 7.01. The van der Waals surface area contributed by atoms with Gasteiger partial charge >= 0.3 is 0 Å². The van der Waals surface area contributed by atoms with Crippen LogP contribution in [-0.2, 0) is 4.79 Å². The maximum atomic E-state index is 11.4. The van der Waals surface area contributed by atoms with Gasteiger partial charge in [0.05, 0.1) is 0 Å². The van der Waals surface area contributed by atoms with Gasteiger partial charge in [-0.25, -0.2) is 5.43 Å². The first-order valence-corrected chi connectivity index (χ1v) is 6.08. The average molecular weight is 269 g/mol. The van der Waals surface area contributed by atoms with Crippen LogP contribution in [-0.4, -0.2) is 18.7 Å². The summed E-state index contributed by atoms with van der Waals surface area (Å²) in [6, 6.07) is 5.24. The Morgan fingerprint density at radius 1 is 1.56 bits per heavy atom. The largest absolute Gasteiger partial charge is 0.483 e. The van der Waals surface area contributed by atoms with E-state index in [1.165, 1.54) is 0 Å². The normalized spacial score (nSPS) is 10.9. The lowest BCUT2D eigenvalue weighted by Crippen LogP contribution is -2.25. The number of halogens is 1. The molecule has 4 nitrogen and oxygen atoms in total. The van der Waals surface area contributed by atoms with Crippen molar-refractivity contribution in [3.05, 3.63) is 28.8 Å². The number of aryl methyl sites for hydroxylation is 1. The molecule has 5 heteroatoms. The van der Waals surface area contributed by atoms with Gasteiger partial charge in [-0.2, -0.15) is 5.10 Å². The van der Waals surface area contributed by atoms with E-state index in [1.807, 2.05) is 20.8 Å². The van der Waals surface area contributed by atoms with E-state index in [0.717, 1.165) is 5.56 Å². The summed E-state index contributed by atoms with van der Waals surface area (Å²) in [5, 5.41) is 4.44. The summed E-state index contributed by atoms with van der Waals surface area (Å²) in [6.07, 6.45) is 1.66. The molecule has 98 valence electrons. The zero-order valence-corrected chi connectivity index (χ0v) is 11.5. The summed E-state index contributed by atoms with van der Waals surface area (Å²) in [6.45, 7) is 5.75. The first kappa shape index (κ1) is 14.5. The quantitative estimate of drug-likeness (QED) is 0.659. The minimum atomic E-state index is -0.291. The molecule has 18 heavy (non-hydrogen) atoms. The fourth-order valence-electron chi connectivity index (χ4n) is 1.21. The fourth-order valence-corrected chi connectivity index (χ4v) is 1.44. The van der Waals surface area contributed by atoms with E-state index < -0.39 is 0 Å². The second-order valence-electron chi connectivity index (χ2n) is 4.26. The Kier molecular flexibility index (Phi) is 5.65. The summed E-state index contributed by atoms with van der Waals surface area (Å²) in [7, 11) is 0. The molecule has 1 aromatic rings. The molecule has 0 aromatic heterocycles. The van der Waals surface area contributed by atoms with Gasteiger partial charge in [0.1, 0.15) is 5.75 Å². The molecular weight excluding hydrogens is 252 g/mol. The van der Waals surface area contributed by atoms with Gasteiger partial charge in [0.15, 0.2) is 6.61 Å². The van der Waals surface area contributed by atoms with Gasteiger partial charge in [0.25, 0.3) is 5.91 Å². The van der Waals surface area contributed by atoms with Crippen molar-refractivity contribution in [3.63, 3.8) is 0 Å². The van der Waals surface area contributed by atoms with Crippen LogP contribution in [0.3, 0.4) is 0 Å². The van der Waals surface area contributed by atoms with E-state index in [0.29, 0.717) is 16.7 Å². The number of ether oxygens (including phenoxy) is 1. The van der Waals surface area contributed by atoms with Crippen LogP contribution >= 0.6 is 11.6 Å². The van der Waals surface area contributed by atoms with Gasteiger partial charge in [0, 0.05) is 11.2 Å². The van der Waals surface area contributed by atoms with Crippen molar-refractivity contribution < 1.29 is 9.53 Å². The van der Waals surface area contributed by atoms with E-state index in [2.05, 4.69) is 10.5 Å². The Morgan fingerprint density at radius 2 is 2.28 bits per heavy atom. The zero-order valence-electron chi connectivity index (χ0n) is 10.7. The number of benzene rings is 1. The van der Waals surface area contributed by atoms with Crippen molar-refractivity contribution in [3.8, 4) is 5.75 Å². The van der Waals surface area contributed by atoms with Crippen LogP contribution in [0.4, 0.5) is 0 Å². The lowest BCUT2D eigenvalue weighted by atomic mass is 10.2. The third-order valence-electron chi connectivity index (χ3n) is 2.06. The third-order valence-corrected chi connectivity index (χ3v) is 2.29. The first-order chi connectivity index (χ1) is 8.49. The molecule has 0 fully saturated rings. The van der Waals surface area contributed by atoms with Crippen molar-refractivity contribution in [2.75, 3.05) is 6.61 Å². The van der Waals surface area contributed by atoms with Crippen molar-refractivity contribution >= 4 is 23.7 Å². The summed E-state index contributed by atoms with van der Waals surface area (Å²) in [5.74, 6) is 0.647. The molecule has 0 radical (unpaired) electrons. The van der Waals surface area contributed by atoms with E-state index in [-0.39, 0.29) is 12.5 Å². The molecule has 0 heterocycles. The van der Waals surface area contributed by atoms with Gasteiger partial charge in [-0.3, -0.25) is 4.79 Å². The third kappa shape index (κ3) is 5.19. The average Bonchev–Trinajstić information content (AvgIpc) is 2.27. The second-order valence-corrected chi connectivity index (χ2v) is 4.69. The molecule has 0 aliphatic carbocycles. The van der Waals surface area contributed by atoms with E-state index in [9.17, 15) is 4.79 Å². The topological polar surface area (TPSA) is 50.7 Å². The van der Waals surface area contributed by atoms with Crippen LogP contribution in [0.25, 0.3) is 0 Å². The number of nitrogens with zero attached hydrogens (tertiary/aromatic N) is 1. The molecule has 0 aliphatic rings. The van der Waals surface area contributed by atoms with E-state index in [1.54, 1.807) is 24.4 Å². The summed E-state index contributed by atoms with van der Waals surface area (Å²) < 4.78 is 5.37. The van der Waals surface area contributed by atoms with Gasteiger partial charge in [0.2, 0.25) is 0 Å². The number of nitrogens with one attached hydrogen (secondary N) is 1. The molecule has 1 N–H and O–H groups in total. The molecule has 0 atom stereocenters. The minimum absolute atomic E-state index is 0.0715. The highest BCUT2D eigenvalue weighted by atomic mass is 35.5. The standard InChI is InChI=1S/C13H17ClN2O2/c1-9(2)7-15-16-13(17)8-18-12-5-4-11(14)6-10(12)3/h4-7,9H,8H2,1-3H3,(H,16,17)/b15-7+. The predicted molar refractivity (Wildman–Crippen MR) is 73.2 cm³/mol.